The molecule has 0 amide bonds. The summed E-state index contributed by atoms with van der Waals surface area (Å²) >= 11 is 0. The molecule has 0 fully saturated rings. The number of ether oxygens (including phenoxy) is 5. The molecule has 0 saturated carbocycles. The molecule has 0 aromatic heterocycles. The van der Waals surface area contributed by atoms with Gasteiger partial charge in [-0.2, -0.15) is 0 Å². The van der Waals surface area contributed by atoms with Gasteiger partial charge in [-0.3, -0.25) is 14.4 Å². The van der Waals surface area contributed by atoms with E-state index in [2.05, 4.69) is 83.1 Å². The van der Waals surface area contributed by atoms with Crippen molar-refractivity contribution in [1.29, 1.82) is 0 Å². The highest BCUT2D eigenvalue weighted by molar-refractivity contribution is 5.70. The number of rotatable bonds is 39. The van der Waals surface area contributed by atoms with Gasteiger partial charge in [-0.25, -0.2) is 0 Å². The molecule has 0 aliphatic heterocycles. The Kier molecular flexibility index (Phi) is 34.3. The van der Waals surface area contributed by atoms with E-state index in [0.29, 0.717) is 45.5 Å². The molecule has 59 heavy (non-hydrogen) atoms. The Labute approximate surface area is 360 Å². The molecule has 0 radical (unpaired) electrons. The maximum absolute atomic E-state index is 12.6. The van der Waals surface area contributed by atoms with Crippen molar-refractivity contribution in [2.75, 3.05) is 47.1 Å². The first-order valence-corrected chi connectivity index (χ1v) is 23.5. The highest BCUT2D eigenvalue weighted by atomic mass is 16.5. The van der Waals surface area contributed by atoms with Crippen LogP contribution in [0.15, 0.2) is 36.4 Å². The number of carbonyl (C=O) groups is 3. The summed E-state index contributed by atoms with van der Waals surface area (Å²) in [6, 6.07) is 4.24. The average Bonchev–Trinajstić information content (AvgIpc) is 3.21. The molecule has 1 aromatic rings. The third-order valence-electron chi connectivity index (χ3n) is 10.2. The quantitative estimate of drug-likeness (QED) is 0.0278. The molecule has 0 N–H and O–H groups in total. The number of esters is 3. The number of allylic oxidation sites excluding steroid dienone is 4. The predicted octanol–water partition coefficient (Wildman–Crippen LogP) is 12.6. The number of unbranched alkanes of at least 4 members (excludes halogenated alkanes) is 14. The second-order valence-electron chi connectivity index (χ2n) is 16.3. The van der Waals surface area contributed by atoms with Gasteiger partial charge in [0.25, 0.3) is 0 Å². The van der Waals surface area contributed by atoms with Crippen LogP contribution in [0.4, 0.5) is 0 Å². The zero-order valence-electron chi connectivity index (χ0n) is 38.5. The largest absolute Gasteiger partial charge is 0.493 e. The van der Waals surface area contributed by atoms with Crippen LogP contribution < -0.4 is 9.47 Å². The Bertz CT molecular complexity index is 1250. The van der Waals surface area contributed by atoms with Crippen molar-refractivity contribution >= 4 is 17.9 Å². The topological polar surface area (TPSA) is 101 Å². The number of hydrogen-bond acceptors (Lipinski definition) is 9. The molecule has 0 heterocycles. The number of carbonyl (C=O) groups excluding carboxylic acids is 3. The summed E-state index contributed by atoms with van der Waals surface area (Å²) in [7, 11) is 4.11. The molecule has 9 heteroatoms. The van der Waals surface area contributed by atoms with Crippen molar-refractivity contribution in [1.82, 2.24) is 4.90 Å². The highest BCUT2D eigenvalue weighted by Crippen LogP contribution is 2.31. The third kappa shape index (κ3) is 31.2. The first-order chi connectivity index (χ1) is 28.7. The van der Waals surface area contributed by atoms with Crippen LogP contribution >= 0.6 is 0 Å². The Morgan fingerprint density at radius 1 is 0.559 bits per heavy atom. The van der Waals surface area contributed by atoms with Gasteiger partial charge in [0.1, 0.15) is 11.5 Å². The average molecular weight is 828 g/mol. The van der Waals surface area contributed by atoms with Crippen LogP contribution in [0.1, 0.15) is 186 Å². The van der Waals surface area contributed by atoms with Gasteiger partial charge < -0.3 is 28.6 Å². The van der Waals surface area contributed by atoms with Crippen molar-refractivity contribution in [2.45, 2.75) is 188 Å². The fourth-order valence-corrected chi connectivity index (χ4v) is 6.53. The van der Waals surface area contributed by atoms with Gasteiger partial charge in [0, 0.05) is 37.3 Å². The maximum atomic E-state index is 12.6. The normalized spacial score (nSPS) is 11.6. The molecule has 338 valence electrons. The van der Waals surface area contributed by atoms with Crippen LogP contribution in [0.5, 0.6) is 11.5 Å². The fraction of sp³-hybridized carbons (Fsp3) is 0.740. The summed E-state index contributed by atoms with van der Waals surface area (Å²) < 4.78 is 29.0. The summed E-state index contributed by atoms with van der Waals surface area (Å²) in [5, 5.41) is 0. The third-order valence-corrected chi connectivity index (χ3v) is 10.2. The molecule has 0 aliphatic carbocycles. The minimum atomic E-state index is -0.312. The Morgan fingerprint density at radius 3 is 1.56 bits per heavy atom. The van der Waals surface area contributed by atoms with Crippen molar-refractivity contribution in [3.8, 4) is 11.5 Å². The van der Waals surface area contributed by atoms with Gasteiger partial charge >= 0.3 is 17.9 Å². The van der Waals surface area contributed by atoms with Crippen LogP contribution in [0, 0.1) is 12.8 Å². The summed E-state index contributed by atoms with van der Waals surface area (Å²) in [4.78, 5) is 39.1. The molecule has 0 atom stereocenters. The summed E-state index contributed by atoms with van der Waals surface area (Å²) in [6.07, 6.45) is 32.2. The van der Waals surface area contributed by atoms with E-state index in [-0.39, 0.29) is 43.5 Å². The van der Waals surface area contributed by atoms with Crippen LogP contribution in [0.3, 0.4) is 0 Å². The van der Waals surface area contributed by atoms with Crippen molar-refractivity contribution in [3.63, 3.8) is 0 Å². The number of hydrogen-bond donors (Lipinski definition) is 0. The molecule has 9 nitrogen and oxygen atoms in total. The van der Waals surface area contributed by atoms with Crippen molar-refractivity contribution in [3.05, 3.63) is 47.6 Å². The summed E-state index contributed by atoms with van der Waals surface area (Å²) in [5.74, 6) is 0.630. The molecule has 0 spiro atoms. The standard InChI is InChI=1S/C50H85NO8/c1-7-10-13-14-15-16-17-18-19-20-21-22-23-24-25-28-35-55-46-38-45(40-51(5)6)39-47(43(46)4)56-36-29-30-37-57-50(54)34-33-44(41-58-48(52)31-26-11-8-2)42-59-49(53)32-27-12-9-3/h15-16,18-19,38-39,44H,7-14,17,20-37,40-42H2,1-6H3/b16-15-,19-18-. The molecule has 0 aliphatic rings. The van der Waals surface area contributed by atoms with Crippen molar-refractivity contribution in [2.24, 2.45) is 5.92 Å². The Morgan fingerprint density at radius 2 is 1.02 bits per heavy atom. The van der Waals surface area contributed by atoms with Gasteiger partial charge in [0.15, 0.2) is 0 Å². The molecule has 0 unspecified atom stereocenters. The molecular formula is C50H85NO8. The molecule has 1 rings (SSSR count). The zero-order chi connectivity index (χ0) is 43.2. The smallest absolute Gasteiger partial charge is 0.305 e. The minimum absolute atomic E-state index is 0.121. The Balaban J connectivity index is 2.42. The first-order valence-electron chi connectivity index (χ1n) is 23.5. The molecule has 1 aromatic carbocycles. The SMILES string of the molecule is CCCCC/C=C\C/C=C\CCCCCCCCOc1cc(CN(C)C)cc(OCCCCOC(=O)CCC(COC(=O)CCCCC)COC(=O)CCCCC)c1C. The van der Waals surface area contributed by atoms with E-state index in [1.54, 1.807) is 0 Å². The molecular weight excluding hydrogens is 743 g/mol. The number of benzene rings is 1. The maximum Gasteiger partial charge on any atom is 0.305 e. The number of nitrogens with zero attached hydrogens (tertiary/aromatic N) is 1. The van der Waals surface area contributed by atoms with Gasteiger partial charge in [-0.15, -0.1) is 0 Å². The first kappa shape index (κ1) is 53.7. The van der Waals surface area contributed by atoms with Gasteiger partial charge in [-0.1, -0.05) is 109 Å². The van der Waals surface area contributed by atoms with E-state index in [4.69, 9.17) is 23.7 Å². The van der Waals surface area contributed by atoms with E-state index in [1.165, 1.54) is 64.2 Å². The lowest BCUT2D eigenvalue weighted by Crippen LogP contribution is -2.22. The Hall–Kier alpha value is -3.33. The van der Waals surface area contributed by atoms with E-state index < -0.39 is 0 Å². The molecule has 0 saturated heterocycles. The van der Waals surface area contributed by atoms with Gasteiger partial charge in [-0.05, 0) is 109 Å². The van der Waals surface area contributed by atoms with Crippen LogP contribution in [0.2, 0.25) is 0 Å². The van der Waals surface area contributed by atoms with E-state index in [9.17, 15) is 14.4 Å². The second-order valence-corrected chi connectivity index (χ2v) is 16.3. The van der Waals surface area contributed by atoms with E-state index in [0.717, 1.165) is 87.0 Å². The van der Waals surface area contributed by atoms with Crippen LogP contribution in [0.25, 0.3) is 0 Å². The summed E-state index contributed by atoms with van der Waals surface area (Å²) in [5.41, 5.74) is 2.15. The summed E-state index contributed by atoms with van der Waals surface area (Å²) in [6.45, 7) is 11.0. The monoisotopic (exact) mass is 828 g/mol. The minimum Gasteiger partial charge on any atom is -0.493 e. The lowest BCUT2D eigenvalue weighted by atomic mass is 10.1. The lowest BCUT2D eigenvalue weighted by molar-refractivity contribution is -0.149. The zero-order valence-corrected chi connectivity index (χ0v) is 38.5. The van der Waals surface area contributed by atoms with E-state index >= 15 is 0 Å². The van der Waals surface area contributed by atoms with E-state index in [1.807, 2.05) is 0 Å². The van der Waals surface area contributed by atoms with Gasteiger partial charge in [0.2, 0.25) is 0 Å². The van der Waals surface area contributed by atoms with Gasteiger partial charge in [0.05, 0.1) is 33.0 Å². The van der Waals surface area contributed by atoms with Crippen LogP contribution in [-0.4, -0.2) is 69.9 Å². The highest BCUT2D eigenvalue weighted by Gasteiger charge is 2.18. The second kappa shape index (κ2) is 37.7. The van der Waals surface area contributed by atoms with Crippen LogP contribution in [-0.2, 0) is 35.1 Å². The predicted molar refractivity (Wildman–Crippen MR) is 242 cm³/mol. The molecule has 0 bridgehead atoms. The van der Waals surface area contributed by atoms with Crippen molar-refractivity contribution < 1.29 is 38.1 Å². The lowest BCUT2D eigenvalue weighted by Gasteiger charge is -2.18. The fourth-order valence-electron chi connectivity index (χ4n) is 6.53.